The number of rotatable bonds is 3. The van der Waals surface area contributed by atoms with Crippen LogP contribution in [0.25, 0.3) is 60.1 Å². The summed E-state index contributed by atoms with van der Waals surface area (Å²) in [5, 5.41) is 5.96. The summed E-state index contributed by atoms with van der Waals surface area (Å²) < 4.78 is 3.61. The molecule has 0 N–H and O–H groups in total. The quantitative estimate of drug-likeness (QED) is 0.246. The highest BCUT2D eigenvalue weighted by Gasteiger charge is 2.19. The highest BCUT2D eigenvalue weighted by atomic mass is 32.1. The van der Waals surface area contributed by atoms with Gasteiger partial charge in [0.05, 0.1) is 16.7 Å². The van der Waals surface area contributed by atoms with E-state index in [1.54, 1.807) is 11.3 Å². The lowest BCUT2D eigenvalue weighted by Gasteiger charge is -2.13. The summed E-state index contributed by atoms with van der Waals surface area (Å²) >= 11 is 1.79. The number of thiophene rings is 1. The first-order chi connectivity index (χ1) is 17.7. The second kappa shape index (κ2) is 8.18. The first-order valence-electron chi connectivity index (χ1n) is 12.2. The van der Waals surface area contributed by atoms with Crippen molar-refractivity contribution in [1.82, 2.24) is 9.55 Å². The van der Waals surface area contributed by atoms with Gasteiger partial charge in [-0.2, -0.15) is 0 Å². The van der Waals surface area contributed by atoms with Gasteiger partial charge in [-0.1, -0.05) is 72.8 Å². The average molecular weight is 481 g/mol. The number of para-hydroxylation sites is 2. The molecule has 0 saturated heterocycles. The van der Waals surface area contributed by atoms with Crippen LogP contribution >= 0.6 is 11.3 Å². The normalized spacial score (nSPS) is 11.6. The van der Waals surface area contributed by atoms with Gasteiger partial charge in [-0.05, 0) is 71.8 Å². The number of benzene rings is 5. The third-order valence-electron chi connectivity index (χ3n) is 7.15. The van der Waals surface area contributed by atoms with Crippen LogP contribution in [0.15, 0.2) is 109 Å². The molecule has 3 heteroatoms. The molecule has 0 aliphatic rings. The lowest BCUT2D eigenvalue weighted by atomic mass is 9.94. The molecular formula is C33H24N2S. The number of hydrogen-bond acceptors (Lipinski definition) is 2. The molecule has 7 rings (SSSR count). The predicted octanol–water partition coefficient (Wildman–Crippen LogP) is 9.34. The summed E-state index contributed by atoms with van der Waals surface area (Å²) in [5.74, 6) is 0.984. The maximum atomic E-state index is 5.20. The molecule has 0 radical (unpaired) electrons. The Kier molecular flexibility index (Phi) is 4.80. The fourth-order valence-corrected chi connectivity index (χ4v) is 6.40. The van der Waals surface area contributed by atoms with Crippen molar-refractivity contribution >= 4 is 43.2 Å². The van der Waals surface area contributed by atoms with Gasteiger partial charge < -0.3 is 0 Å². The monoisotopic (exact) mass is 480 g/mol. The van der Waals surface area contributed by atoms with E-state index in [4.69, 9.17) is 4.98 Å². The fourth-order valence-electron chi connectivity index (χ4n) is 5.48. The highest BCUT2D eigenvalue weighted by molar-refractivity contribution is 7.17. The van der Waals surface area contributed by atoms with Crippen LogP contribution in [0.1, 0.15) is 11.1 Å². The summed E-state index contributed by atoms with van der Waals surface area (Å²) in [6.45, 7) is 4.39. The van der Waals surface area contributed by atoms with E-state index in [1.165, 1.54) is 48.7 Å². The Balaban J connectivity index is 1.53. The van der Waals surface area contributed by atoms with Crippen LogP contribution in [-0.2, 0) is 0 Å². The van der Waals surface area contributed by atoms with E-state index in [-0.39, 0.29) is 0 Å². The Bertz CT molecular complexity index is 1900. The summed E-state index contributed by atoms with van der Waals surface area (Å²) in [5.41, 5.74) is 9.63. The molecule has 5 aromatic carbocycles. The Morgan fingerprint density at radius 1 is 0.694 bits per heavy atom. The first kappa shape index (κ1) is 21.1. The minimum Gasteiger partial charge on any atom is -0.292 e. The lowest BCUT2D eigenvalue weighted by Crippen LogP contribution is -1.98. The van der Waals surface area contributed by atoms with Crippen LogP contribution in [0.4, 0.5) is 0 Å². The molecule has 2 aromatic heterocycles. The summed E-state index contributed by atoms with van der Waals surface area (Å²) in [7, 11) is 0. The number of aromatic nitrogens is 2. The molecular weight excluding hydrogens is 456 g/mol. The van der Waals surface area contributed by atoms with Crippen molar-refractivity contribution in [1.29, 1.82) is 0 Å². The summed E-state index contributed by atoms with van der Waals surface area (Å²) in [4.78, 5) is 5.20. The van der Waals surface area contributed by atoms with Crippen LogP contribution in [0.3, 0.4) is 0 Å². The zero-order valence-electron chi connectivity index (χ0n) is 20.2. The molecule has 0 aliphatic carbocycles. The van der Waals surface area contributed by atoms with Crippen LogP contribution in [0.2, 0.25) is 0 Å². The van der Waals surface area contributed by atoms with E-state index in [9.17, 15) is 0 Å². The van der Waals surface area contributed by atoms with Gasteiger partial charge in [0.25, 0.3) is 0 Å². The third kappa shape index (κ3) is 3.20. The summed E-state index contributed by atoms with van der Waals surface area (Å²) in [6.07, 6.45) is 0. The molecule has 0 saturated carbocycles. The van der Waals surface area contributed by atoms with Gasteiger partial charge >= 0.3 is 0 Å². The van der Waals surface area contributed by atoms with E-state index in [1.807, 2.05) is 0 Å². The van der Waals surface area contributed by atoms with Gasteiger partial charge in [0, 0.05) is 26.4 Å². The Morgan fingerprint density at radius 2 is 1.44 bits per heavy atom. The molecule has 2 nitrogen and oxygen atoms in total. The van der Waals surface area contributed by atoms with E-state index < -0.39 is 0 Å². The average Bonchev–Trinajstić information content (AvgIpc) is 3.49. The molecule has 2 heterocycles. The lowest BCUT2D eigenvalue weighted by molar-refractivity contribution is 1.12. The van der Waals surface area contributed by atoms with Gasteiger partial charge in [-0.25, -0.2) is 4.98 Å². The molecule has 0 bridgehead atoms. The van der Waals surface area contributed by atoms with Crippen LogP contribution in [-0.4, -0.2) is 9.55 Å². The van der Waals surface area contributed by atoms with Crippen molar-refractivity contribution < 1.29 is 0 Å². The molecule has 36 heavy (non-hydrogen) atoms. The molecule has 0 fully saturated rings. The van der Waals surface area contributed by atoms with Crippen LogP contribution < -0.4 is 0 Å². The van der Waals surface area contributed by atoms with Gasteiger partial charge in [-0.3, -0.25) is 4.57 Å². The number of nitrogens with zero attached hydrogens (tertiary/aromatic N) is 2. The minimum atomic E-state index is 0.984. The molecule has 172 valence electrons. The molecule has 0 atom stereocenters. The maximum Gasteiger partial charge on any atom is 0.147 e. The molecule has 7 aromatic rings. The minimum absolute atomic E-state index is 0.984. The van der Waals surface area contributed by atoms with E-state index in [2.05, 4.69) is 127 Å². The molecule has 0 aliphatic heterocycles. The van der Waals surface area contributed by atoms with Gasteiger partial charge in [-0.15, -0.1) is 11.3 Å². The summed E-state index contributed by atoms with van der Waals surface area (Å²) in [6, 6.07) is 36.9. The Hall–Kier alpha value is -4.21. The van der Waals surface area contributed by atoms with Crippen LogP contribution in [0, 0.1) is 13.8 Å². The zero-order valence-corrected chi connectivity index (χ0v) is 21.0. The van der Waals surface area contributed by atoms with Crippen LogP contribution in [0.5, 0.6) is 0 Å². The number of aryl methyl sites for hydroxylation is 2. The second-order valence-corrected chi connectivity index (χ2v) is 10.3. The maximum absolute atomic E-state index is 5.20. The van der Waals surface area contributed by atoms with Crippen molar-refractivity contribution in [2.75, 3.05) is 0 Å². The first-order valence-corrected chi connectivity index (χ1v) is 13.1. The number of fused-ring (bicyclic) bond motifs is 3. The van der Waals surface area contributed by atoms with E-state index >= 15 is 0 Å². The SMILES string of the molecule is Cc1cccc(C)c1-c1ccc2scc(-c3nc4ccccc4n3-c3cccc4ccccc34)c2c1. The Labute approximate surface area is 214 Å². The van der Waals surface area contributed by atoms with Gasteiger partial charge in [0.1, 0.15) is 5.82 Å². The predicted molar refractivity (Wildman–Crippen MR) is 154 cm³/mol. The molecule has 0 spiro atoms. The van der Waals surface area contributed by atoms with Crippen molar-refractivity contribution in [3.63, 3.8) is 0 Å². The highest BCUT2D eigenvalue weighted by Crippen LogP contribution is 2.40. The topological polar surface area (TPSA) is 17.8 Å². The van der Waals surface area contributed by atoms with Gasteiger partial charge in [0.2, 0.25) is 0 Å². The van der Waals surface area contributed by atoms with Gasteiger partial charge in [0.15, 0.2) is 0 Å². The molecule has 0 amide bonds. The van der Waals surface area contributed by atoms with Crippen molar-refractivity contribution in [3.05, 3.63) is 120 Å². The van der Waals surface area contributed by atoms with Crippen molar-refractivity contribution in [2.45, 2.75) is 13.8 Å². The second-order valence-electron chi connectivity index (χ2n) is 9.38. The smallest absolute Gasteiger partial charge is 0.147 e. The molecule has 0 unspecified atom stereocenters. The van der Waals surface area contributed by atoms with Crippen molar-refractivity contribution in [3.8, 4) is 28.2 Å². The third-order valence-corrected chi connectivity index (χ3v) is 8.12. The Morgan fingerprint density at radius 3 is 2.33 bits per heavy atom. The number of imidazole rings is 1. The number of hydrogen-bond donors (Lipinski definition) is 0. The zero-order chi connectivity index (χ0) is 24.2. The standard InChI is InChI=1S/C33H24N2S/c1-21-9-7-10-22(2)32(21)24-17-18-31-26(19-24)27(20-36-31)33-34-28-14-5-6-15-30(28)35(33)29-16-8-12-23-11-3-4-13-25(23)29/h3-20H,1-2H3. The van der Waals surface area contributed by atoms with Crippen molar-refractivity contribution in [2.24, 2.45) is 0 Å². The largest absolute Gasteiger partial charge is 0.292 e. The van der Waals surface area contributed by atoms with E-state index in [0.717, 1.165) is 22.5 Å². The fraction of sp³-hybridized carbons (Fsp3) is 0.0606. The van der Waals surface area contributed by atoms with E-state index in [0.29, 0.717) is 0 Å².